The molecule has 3 N–H and O–H groups in total. The SMILES string of the molecule is C=CCCOc1cccc(-c2ccnc(Cl)n2)c1.C=CCCOc1cccc(-c2ccnc(Nc3cccc(COCC=C)c3)n2)c1.C=CCOCc1cccc(N)c1. The molecule has 59 heavy (non-hydrogen) atoms. The van der Waals surface area contributed by atoms with Gasteiger partial charge in [0.2, 0.25) is 11.2 Å². The van der Waals surface area contributed by atoms with Gasteiger partial charge in [0.15, 0.2) is 0 Å². The van der Waals surface area contributed by atoms with Gasteiger partial charge in [-0.3, -0.25) is 0 Å². The Morgan fingerprint density at radius 2 is 1.14 bits per heavy atom. The van der Waals surface area contributed by atoms with Gasteiger partial charge in [0.1, 0.15) is 11.5 Å². The third kappa shape index (κ3) is 17.2. The number of benzene rings is 4. The van der Waals surface area contributed by atoms with Gasteiger partial charge < -0.3 is 30.0 Å². The summed E-state index contributed by atoms with van der Waals surface area (Å²) >= 11 is 5.77. The largest absolute Gasteiger partial charge is 0.493 e. The zero-order valence-electron chi connectivity index (χ0n) is 33.2. The van der Waals surface area contributed by atoms with E-state index in [1.165, 1.54) is 0 Å². The molecule has 0 fully saturated rings. The fraction of sp³-hybridized carbons (Fsp3) is 0.167. The van der Waals surface area contributed by atoms with Crippen LogP contribution in [-0.4, -0.2) is 46.4 Å². The number of nitrogens with zero attached hydrogens (tertiary/aromatic N) is 4. The molecule has 0 saturated carbocycles. The molecule has 0 saturated heterocycles. The molecule has 6 rings (SSSR count). The molecule has 0 aliphatic carbocycles. The normalized spacial score (nSPS) is 10.1. The first kappa shape index (κ1) is 45.1. The molecule has 304 valence electrons. The molecule has 0 aliphatic heterocycles. The summed E-state index contributed by atoms with van der Waals surface area (Å²) in [6.07, 6.45) is 12.1. The highest BCUT2D eigenvalue weighted by Crippen LogP contribution is 2.25. The van der Waals surface area contributed by atoms with Gasteiger partial charge in [-0.15, -0.1) is 26.3 Å². The van der Waals surface area contributed by atoms with E-state index < -0.39 is 0 Å². The number of rotatable bonds is 20. The molecule has 2 aromatic heterocycles. The van der Waals surface area contributed by atoms with Crippen molar-refractivity contribution in [3.8, 4) is 34.0 Å². The van der Waals surface area contributed by atoms with Gasteiger partial charge in [-0.25, -0.2) is 19.9 Å². The summed E-state index contributed by atoms with van der Waals surface area (Å²) in [4.78, 5) is 17.0. The van der Waals surface area contributed by atoms with Gasteiger partial charge in [0, 0.05) is 34.9 Å². The van der Waals surface area contributed by atoms with Crippen LogP contribution in [0.15, 0.2) is 172 Å². The third-order valence-corrected chi connectivity index (χ3v) is 8.05. The van der Waals surface area contributed by atoms with E-state index in [1.807, 2.05) is 121 Å². The van der Waals surface area contributed by atoms with Crippen LogP contribution in [0.1, 0.15) is 24.0 Å². The summed E-state index contributed by atoms with van der Waals surface area (Å²) in [5.41, 5.74) is 13.0. The van der Waals surface area contributed by atoms with Gasteiger partial charge in [-0.2, -0.15) is 0 Å². The highest BCUT2D eigenvalue weighted by molar-refractivity contribution is 6.28. The van der Waals surface area contributed by atoms with Crippen LogP contribution < -0.4 is 20.5 Å². The molecule has 0 spiro atoms. The van der Waals surface area contributed by atoms with E-state index in [0.717, 1.165) is 69.4 Å². The minimum absolute atomic E-state index is 0.241. The van der Waals surface area contributed by atoms with Gasteiger partial charge in [-0.1, -0.05) is 72.8 Å². The second kappa shape index (κ2) is 26.4. The Balaban J connectivity index is 0.000000217. The molecule has 0 aliphatic rings. The van der Waals surface area contributed by atoms with Crippen molar-refractivity contribution in [1.82, 2.24) is 19.9 Å². The molecule has 0 amide bonds. The van der Waals surface area contributed by atoms with Crippen LogP contribution in [0.3, 0.4) is 0 Å². The van der Waals surface area contributed by atoms with Crippen LogP contribution in [0.5, 0.6) is 11.5 Å². The summed E-state index contributed by atoms with van der Waals surface area (Å²) in [6.45, 7) is 18.0. The lowest BCUT2D eigenvalue weighted by Crippen LogP contribution is -1.99. The standard InChI is InChI=1S/C24H25N3O2.C14H13ClN2O.C10H13NO/c1-3-5-15-29-22-11-7-9-20(17-22)23-12-13-25-24(27-23)26-21-10-6-8-19(16-21)18-28-14-4-2;1-2-3-9-18-12-6-4-5-11(10-12)13-7-8-16-14(15)17-13;1-2-6-12-8-9-4-3-5-10(11)7-9/h3-4,6-13,16-17H,1-2,5,14-15,18H2,(H,25,26,27);2,4-8,10H,1,3,9H2;2-5,7H,1,6,8,11H2. The Morgan fingerprint density at radius 1 is 0.593 bits per heavy atom. The first-order chi connectivity index (χ1) is 28.9. The van der Waals surface area contributed by atoms with E-state index >= 15 is 0 Å². The Morgan fingerprint density at radius 3 is 1.69 bits per heavy atom. The third-order valence-electron chi connectivity index (χ3n) is 7.87. The number of aromatic nitrogens is 4. The lowest BCUT2D eigenvalue weighted by atomic mass is 10.1. The van der Waals surface area contributed by atoms with E-state index in [0.29, 0.717) is 45.6 Å². The monoisotopic (exact) mass is 810 g/mol. The van der Waals surface area contributed by atoms with Crippen molar-refractivity contribution in [3.05, 3.63) is 189 Å². The van der Waals surface area contributed by atoms with Crippen LogP contribution in [0.25, 0.3) is 22.5 Å². The van der Waals surface area contributed by atoms with Crippen molar-refractivity contribution in [3.63, 3.8) is 0 Å². The maximum atomic E-state index is 5.77. The predicted molar refractivity (Wildman–Crippen MR) is 241 cm³/mol. The highest BCUT2D eigenvalue weighted by Gasteiger charge is 2.06. The molecule has 0 unspecified atom stereocenters. The lowest BCUT2D eigenvalue weighted by molar-refractivity contribution is 0.149. The number of halogens is 1. The number of nitrogens with two attached hydrogens (primary N) is 1. The zero-order chi connectivity index (χ0) is 41.9. The maximum Gasteiger partial charge on any atom is 0.227 e. The summed E-state index contributed by atoms with van der Waals surface area (Å²) < 4.78 is 22.1. The second-order valence-corrected chi connectivity index (χ2v) is 12.9. The van der Waals surface area contributed by atoms with Gasteiger partial charge in [-0.05, 0) is 96.2 Å². The van der Waals surface area contributed by atoms with Gasteiger partial charge >= 0.3 is 0 Å². The molecule has 10 nitrogen and oxygen atoms in total. The van der Waals surface area contributed by atoms with E-state index in [4.69, 9.17) is 36.3 Å². The number of hydrogen-bond acceptors (Lipinski definition) is 10. The summed E-state index contributed by atoms with van der Waals surface area (Å²) in [5, 5.41) is 3.50. The van der Waals surface area contributed by atoms with Crippen LogP contribution >= 0.6 is 11.6 Å². The lowest BCUT2D eigenvalue weighted by Gasteiger charge is -2.10. The zero-order valence-corrected chi connectivity index (χ0v) is 34.0. The molecule has 0 atom stereocenters. The van der Waals surface area contributed by atoms with Gasteiger partial charge in [0.05, 0.1) is 51.0 Å². The van der Waals surface area contributed by atoms with Gasteiger partial charge in [0.25, 0.3) is 0 Å². The minimum Gasteiger partial charge on any atom is -0.493 e. The fourth-order valence-corrected chi connectivity index (χ4v) is 5.30. The van der Waals surface area contributed by atoms with Crippen LogP contribution in [0.4, 0.5) is 17.3 Å². The number of hydrogen-bond donors (Lipinski definition) is 2. The fourth-order valence-electron chi connectivity index (χ4n) is 5.16. The molecule has 0 radical (unpaired) electrons. The minimum atomic E-state index is 0.241. The van der Waals surface area contributed by atoms with E-state index in [2.05, 4.69) is 51.6 Å². The van der Waals surface area contributed by atoms with E-state index in [9.17, 15) is 0 Å². The van der Waals surface area contributed by atoms with Crippen molar-refractivity contribution >= 4 is 28.9 Å². The quantitative estimate of drug-likeness (QED) is 0.0333. The summed E-state index contributed by atoms with van der Waals surface area (Å²) in [5.74, 6) is 2.15. The van der Waals surface area contributed by atoms with E-state index in [-0.39, 0.29) is 5.28 Å². The first-order valence-corrected chi connectivity index (χ1v) is 19.4. The predicted octanol–water partition coefficient (Wildman–Crippen LogP) is 11.3. The number of ether oxygens (including phenoxy) is 4. The molecule has 4 aromatic carbocycles. The highest BCUT2D eigenvalue weighted by atomic mass is 35.5. The topological polar surface area (TPSA) is 127 Å². The molecule has 11 heteroatoms. The van der Waals surface area contributed by atoms with Crippen LogP contribution in [-0.2, 0) is 22.7 Å². The molecule has 6 aromatic rings. The number of anilines is 3. The van der Waals surface area contributed by atoms with Crippen molar-refractivity contribution < 1.29 is 18.9 Å². The number of nitrogen functional groups attached to an aromatic ring is 1. The average Bonchev–Trinajstić information content (AvgIpc) is 3.25. The Bertz CT molecular complexity index is 2220. The smallest absolute Gasteiger partial charge is 0.227 e. The molecule has 0 bridgehead atoms. The summed E-state index contributed by atoms with van der Waals surface area (Å²) in [6, 6.07) is 35.0. The molecular weight excluding hydrogens is 760 g/mol. The number of nitrogens with one attached hydrogen (secondary N) is 1. The van der Waals surface area contributed by atoms with Crippen molar-refractivity contribution in [2.24, 2.45) is 0 Å². The van der Waals surface area contributed by atoms with Crippen molar-refractivity contribution in [1.29, 1.82) is 0 Å². The van der Waals surface area contributed by atoms with E-state index in [1.54, 1.807) is 24.5 Å². The second-order valence-electron chi connectivity index (χ2n) is 12.6. The Labute approximate surface area is 352 Å². The van der Waals surface area contributed by atoms with Crippen LogP contribution in [0.2, 0.25) is 5.28 Å². The maximum absolute atomic E-state index is 5.77. The summed E-state index contributed by atoms with van der Waals surface area (Å²) in [7, 11) is 0. The Kier molecular flexibility index (Phi) is 20.2. The van der Waals surface area contributed by atoms with Crippen molar-refractivity contribution in [2.45, 2.75) is 26.1 Å². The molecule has 2 heterocycles. The van der Waals surface area contributed by atoms with Crippen molar-refractivity contribution in [2.75, 3.05) is 37.5 Å². The Hall–Kier alpha value is -6.59. The van der Waals surface area contributed by atoms with Crippen LogP contribution in [0, 0.1) is 0 Å². The average molecular weight is 811 g/mol. The molecular formula is C48H51ClN6O4. The first-order valence-electron chi connectivity index (χ1n) is 19.0.